The molecule has 2 aromatic carbocycles. The van der Waals surface area contributed by atoms with Crippen LogP contribution in [0.15, 0.2) is 42.5 Å². The maximum atomic E-state index is 10.4. The molecular weight excluding hydrogens is 351 g/mol. The standard InChI is InChI=1S/C16H17IO2/c1-11-7-8-16(19-2)12(9-11)10-15(18)13-5-3-4-6-14(13)17/h3-9,15,18H,10H2,1-2H3. The van der Waals surface area contributed by atoms with Crippen LogP contribution in [0.5, 0.6) is 5.75 Å². The summed E-state index contributed by atoms with van der Waals surface area (Å²) >= 11 is 2.25. The monoisotopic (exact) mass is 368 g/mol. The zero-order chi connectivity index (χ0) is 13.8. The van der Waals surface area contributed by atoms with Crippen molar-refractivity contribution in [1.82, 2.24) is 0 Å². The van der Waals surface area contributed by atoms with E-state index in [4.69, 9.17) is 4.74 Å². The lowest BCUT2D eigenvalue weighted by Crippen LogP contribution is -2.05. The Hall–Kier alpha value is -1.07. The van der Waals surface area contributed by atoms with Crippen molar-refractivity contribution >= 4 is 22.6 Å². The number of methoxy groups -OCH3 is 1. The molecule has 0 aliphatic carbocycles. The molecule has 0 bridgehead atoms. The molecule has 1 N–H and O–H groups in total. The molecule has 0 spiro atoms. The van der Waals surface area contributed by atoms with Gasteiger partial charge in [-0.1, -0.05) is 35.9 Å². The Morgan fingerprint density at radius 1 is 1.21 bits per heavy atom. The number of hydrogen-bond acceptors (Lipinski definition) is 2. The van der Waals surface area contributed by atoms with Crippen LogP contribution in [-0.2, 0) is 6.42 Å². The molecule has 100 valence electrons. The van der Waals surface area contributed by atoms with Crippen molar-refractivity contribution in [3.05, 3.63) is 62.7 Å². The Labute approximate surface area is 127 Å². The zero-order valence-corrected chi connectivity index (χ0v) is 13.2. The predicted molar refractivity (Wildman–Crippen MR) is 85.6 cm³/mol. The molecule has 2 rings (SSSR count). The third kappa shape index (κ3) is 3.48. The SMILES string of the molecule is COc1ccc(C)cc1CC(O)c1ccccc1I. The largest absolute Gasteiger partial charge is 0.496 e. The van der Waals surface area contributed by atoms with Crippen LogP contribution in [-0.4, -0.2) is 12.2 Å². The first-order valence-corrected chi connectivity index (χ1v) is 7.25. The van der Waals surface area contributed by atoms with Crippen LogP contribution in [0.2, 0.25) is 0 Å². The number of ether oxygens (including phenoxy) is 1. The van der Waals surface area contributed by atoms with Gasteiger partial charge in [-0.25, -0.2) is 0 Å². The van der Waals surface area contributed by atoms with Gasteiger partial charge in [0.1, 0.15) is 5.75 Å². The fourth-order valence-corrected chi connectivity index (χ4v) is 2.88. The van der Waals surface area contributed by atoms with Crippen molar-refractivity contribution in [1.29, 1.82) is 0 Å². The molecule has 0 heterocycles. The van der Waals surface area contributed by atoms with Gasteiger partial charge in [0.15, 0.2) is 0 Å². The number of aliphatic hydroxyl groups is 1. The highest BCUT2D eigenvalue weighted by atomic mass is 127. The second-order valence-corrected chi connectivity index (χ2v) is 5.72. The third-order valence-electron chi connectivity index (χ3n) is 3.11. The fourth-order valence-electron chi connectivity index (χ4n) is 2.13. The van der Waals surface area contributed by atoms with E-state index in [-0.39, 0.29) is 0 Å². The fraction of sp³-hybridized carbons (Fsp3) is 0.250. The average Bonchev–Trinajstić information content (AvgIpc) is 2.39. The summed E-state index contributed by atoms with van der Waals surface area (Å²) < 4.78 is 6.44. The molecule has 0 saturated carbocycles. The first-order chi connectivity index (χ1) is 9.11. The van der Waals surface area contributed by atoms with Gasteiger partial charge >= 0.3 is 0 Å². The summed E-state index contributed by atoms with van der Waals surface area (Å²) in [6, 6.07) is 13.9. The van der Waals surface area contributed by atoms with Gasteiger partial charge in [-0.15, -0.1) is 0 Å². The molecule has 2 nitrogen and oxygen atoms in total. The zero-order valence-electron chi connectivity index (χ0n) is 11.1. The van der Waals surface area contributed by atoms with E-state index in [1.165, 1.54) is 5.56 Å². The van der Waals surface area contributed by atoms with Crippen molar-refractivity contribution in [3.8, 4) is 5.75 Å². The van der Waals surface area contributed by atoms with E-state index in [1.807, 2.05) is 43.3 Å². The number of halogens is 1. The normalized spacial score (nSPS) is 12.2. The first-order valence-electron chi connectivity index (χ1n) is 6.18. The minimum absolute atomic E-state index is 0.510. The molecule has 0 aromatic heterocycles. The van der Waals surface area contributed by atoms with Gasteiger partial charge in [0, 0.05) is 9.99 Å². The van der Waals surface area contributed by atoms with E-state index < -0.39 is 6.10 Å². The summed E-state index contributed by atoms with van der Waals surface area (Å²) in [4.78, 5) is 0. The Morgan fingerprint density at radius 3 is 2.63 bits per heavy atom. The van der Waals surface area contributed by atoms with Crippen LogP contribution in [0, 0.1) is 10.5 Å². The number of aryl methyl sites for hydroxylation is 1. The Balaban J connectivity index is 2.26. The highest BCUT2D eigenvalue weighted by Crippen LogP contribution is 2.28. The van der Waals surface area contributed by atoms with Crippen LogP contribution < -0.4 is 4.74 Å². The molecule has 0 fully saturated rings. The van der Waals surface area contributed by atoms with E-state index in [1.54, 1.807) is 7.11 Å². The summed E-state index contributed by atoms with van der Waals surface area (Å²) in [5.41, 5.74) is 3.17. The van der Waals surface area contributed by atoms with Crippen molar-refractivity contribution in [2.75, 3.05) is 7.11 Å². The lowest BCUT2D eigenvalue weighted by molar-refractivity contribution is 0.176. The molecule has 1 unspecified atom stereocenters. The van der Waals surface area contributed by atoms with Gasteiger partial charge in [0.05, 0.1) is 13.2 Å². The first kappa shape index (κ1) is 14.3. The van der Waals surface area contributed by atoms with Crippen LogP contribution >= 0.6 is 22.6 Å². The van der Waals surface area contributed by atoms with Crippen molar-refractivity contribution in [2.24, 2.45) is 0 Å². The lowest BCUT2D eigenvalue weighted by atomic mass is 9.99. The van der Waals surface area contributed by atoms with Crippen molar-refractivity contribution in [2.45, 2.75) is 19.4 Å². The molecule has 2 aromatic rings. The summed E-state index contributed by atoms with van der Waals surface area (Å²) in [5.74, 6) is 0.829. The van der Waals surface area contributed by atoms with Crippen molar-refractivity contribution < 1.29 is 9.84 Å². The predicted octanol–water partition coefficient (Wildman–Crippen LogP) is 3.88. The van der Waals surface area contributed by atoms with E-state index in [0.717, 1.165) is 20.4 Å². The highest BCUT2D eigenvalue weighted by molar-refractivity contribution is 14.1. The quantitative estimate of drug-likeness (QED) is 0.830. The summed E-state index contributed by atoms with van der Waals surface area (Å²) in [6.07, 6.45) is 0.0500. The minimum Gasteiger partial charge on any atom is -0.496 e. The van der Waals surface area contributed by atoms with Crippen LogP contribution in [0.25, 0.3) is 0 Å². The topological polar surface area (TPSA) is 29.5 Å². The third-order valence-corrected chi connectivity index (χ3v) is 4.10. The number of benzene rings is 2. The van der Waals surface area contributed by atoms with E-state index in [2.05, 4.69) is 28.7 Å². The highest BCUT2D eigenvalue weighted by Gasteiger charge is 2.14. The maximum absolute atomic E-state index is 10.4. The molecule has 0 amide bonds. The Bertz CT molecular complexity index is 566. The molecule has 1 atom stereocenters. The molecule has 0 radical (unpaired) electrons. The van der Waals surface area contributed by atoms with Gasteiger partial charge in [-0.3, -0.25) is 0 Å². The Morgan fingerprint density at radius 2 is 1.95 bits per heavy atom. The Kier molecular flexibility index (Phi) is 4.82. The number of rotatable bonds is 4. The maximum Gasteiger partial charge on any atom is 0.122 e. The van der Waals surface area contributed by atoms with Crippen molar-refractivity contribution in [3.63, 3.8) is 0 Å². The minimum atomic E-state index is -0.510. The molecule has 19 heavy (non-hydrogen) atoms. The number of hydrogen-bond donors (Lipinski definition) is 1. The summed E-state index contributed by atoms with van der Waals surface area (Å²) in [7, 11) is 1.66. The van der Waals surface area contributed by atoms with Gasteiger partial charge < -0.3 is 9.84 Å². The van der Waals surface area contributed by atoms with Crippen LogP contribution in [0.3, 0.4) is 0 Å². The van der Waals surface area contributed by atoms with E-state index in [0.29, 0.717) is 6.42 Å². The molecule has 3 heteroatoms. The van der Waals surface area contributed by atoms with E-state index in [9.17, 15) is 5.11 Å². The molecule has 0 aliphatic rings. The molecular formula is C16H17IO2. The summed E-state index contributed by atoms with van der Waals surface area (Å²) in [6.45, 7) is 2.04. The number of aliphatic hydroxyl groups excluding tert-OH is 1. The van der Waals surface area contributed by atoms with Crippen LogP contribution in [0.4, 0.5) is 0 Å². The smallest absolute Gasteiger partial charge is 0.122 e. The lowest BCUT2D eigenvalue weighted by Gasteiger charge is -2.15. The second-order valence-electron chi connectivity index (χ2n) is 4.56. The summed E-state index contributed by atoms with van der Waals surface area (Å²) in [5, 5.41) is 10.4. The van der Waals surface area contributed by atoms with Gasteiger partial charge in [-0.2, -0.15) is 0 Å². The van der Waals surface area contributed by atoms with Gasteiger partial charge in [-0.05, 0) is 52.8 Å². The van der Waals surface area contributed by atoms with Crippen LogP contribution in [0.1, 0.15) is 22.8 Å². The van der Waals surface area contributed by atoms with E-state index >= 15 is 0 Å². The molecule has 0 saturated heterocycles. The second kappa shape index (κ2) is 6.39. The average molecular weight is 368 g/mol. The molecule has 0 aliphatic heterocycles. The van der Waals surface area contributed by atoms with Gasteiger partial charge in [0.25, 0.3) is 0 Å². The van der Waals surface area contributed by atoms with Gasteiger partial charge in [0.2, 0.25) is 0 Å².